The first-order valence-electron chi connectivity index (χ1n) is 5.24. The van der Waals surface area contributed by atoms with Gasteiger partial charge >= 0.3 is 107 Å². The summed E-state index contributed by atoms with van der Waals surface area (Å²) in [6.07, 6.45) is 0. The number of hydrogen-bond acceptors (Lipinski definition) is 1. The third kappa shape index (κ3) is 1.63. The molecule has 0 bridgehead atoms. The molecule has 0 N–H and O–H groups in total. The SMILES string of the molecule is O=c1c2ccccc2[se]n1-c1c(F)cccc1F. The predicted molar refractivity (Wildman–Crippen MR) is 66.4 cm³/mol. The van der Waals surface area contributed by atoms with Gasteiger partial charge in [0.25, 0.3) is 0 Å². The van der Waals surface area contributed by atoms with Gasteiger partial charge in [0.2, 0.25) is 0 Å². The number of nitrogens with zero attached hydrogens (tertiary/aromatic N) is 1. The van der Waals surface area contributed by atoms with Gasteiger partial charge in [-0.15, -0.1) is 0 Å². The van der Waals surface area contributed by atoms with Gasteiger partial charge in [0.1, 0.15) is 0 Å². The van der Waals surface area contributed by atoms with Crippen molar-refractivity contribution in [1.29, 1.82) is 0 Å². The molecule has 0 aliphatic carbocycles. The molecule has 0 aliphatic rings. The van der Waals surface area contributed by atoms with Crippen molar-refractivity contribution in [2.24, 2.45) is 0 Å². The molecule has 1 aromatic heterocycles. The van der Waals surface area contributed by atoms with Crippen LogP contribution in [0.4, 0.5) is 8.78 Å². The van der Waals surface area contributed by atoms with Crippen LogP contribution in [0.15, 0.2) is 47.3 Å². The van der Waals surface area contributed by atoms with Crippen molar-refractivity contribution in [3.05, 3.63) is 64.5 Å². The van der Waals surface area contributed by atoms with Crippen LogP contribution in [0.5, 0.6) is 0 Å². The van der Waals surface area contributed by atoms with E-state index in [1.165, 1.54) is 9.63 Å². The van der Waals surface area contributed by atoms with Gasteiger partial charge < -0.3 is 0 Å². The Morgan fingerprint density at radius 3 is 2.28 bits per heavy atom. The van der Waals surface area contributed by atoms with Gasteiger partial charge in [-0.3, -0.25) is 0 Å². The average Bonchev–Trinajstić information content (AvgIpc) is 2.68. The fourth-order valence-corrected chi connectivity index (χ4v) is 3.98. The molecule has 0 saturated carbocycles. The Balaban J connectivity index is 2.39. The number of rotatable bonds is 1. The van der Waals surface area contributed by atoms with Gasteiger partial charge in [0.05, 0.1) is 0 Å². The molecule has 0 spiro atoms. The van der Waals surface area contributed by atoms with Crippen molar-refractivity contribution in [3.8, 4) is 5.69 Å². The van der Waals surface area contributed by atoms with E-state index in [4.69, 9.17) is 0 Å². The third-order valence-corrected chi connectivity index (χ3v) is 4.91. The Morgan fingerprint density at radius 2 is 1.61 bits per heavy atom. The topological polar surface area (TPSA) is 22.0 Å². The van der Waals surface area contributed by atoms with E-state index in [2.05, 4.69) is 0 Å². The van der Waals surface area contributed by atoms with Crippen molar-refractivity contribution >= 4 is 24.4 Å². The first kappa shape index (κ1) is 11.4. The third-order valence-electron chi connectivity index (χ3n) is 2.63. The first-order chi connectivity index (χ1) is 8.68. The first-order valence-corrected chi connectivity index (χ1v) is 6.86. The zero-order chi connectivity index (χ0) is 12.7. The molecule has 2 aromatic carbocycles. The van der Waals surface area contributed by atoms with E-state index in [9.17, 15) is 13.6 Å². The summed E-state index contributed by atoms with van der Waals surface area (Å²) in [5.41, 5.74) is -0.590. The molecule has 90 valence electrons. The zero-order valence-corrected chi connectivity index (χ0v) is 10.8. The number of aromatic nitrogens is 1. The zero-order valence-electron chi connectivity index (χ0n) is 9.06. The molecule has 1 heterocycles. The maximum absolute atomic E-state index is 13.7. The maximum atomic E-state index is 13.7. The summed E-state index contributed by atoms with van der Waals surface area (Å²) >= 11 is -0.420. The summed E-state index contributed by atoms with van der Waals surface area (Å²) in [7, 11) is 0. The molecule has 0 radical (unpaired) electrons. The number of fused-ring (bicyclic) bond motifs is 1. The number of para-hydroxylation sites is 1. The molecule has 0 saturated heterocycles. The van der Waals surface area contributed by atoms with Crippen LogP contribution in [-0.2, 0) is 0 Å². The molecule has 0 unspecified atom stereocenters. The molecule has 0 aliphatic heterocycles. The second-order valence-electron chi connectivity index (χ2n) is 3.76. The van der Waals surface area contributed by atoms with Crippen LogP contribution in [0.3, 0.4) is 0 Å². The van der Waals surface area contributed by atoms with Crippen LogP contribution >= 0.6 is 0 Å². The van der Waals surface area contributed by atoms with E-state index in [0.717, 1.165) is 16.4 Å². The summed E-state index contributed by atoms with van der Waals surface area (Å²) < 4.78 is 29.4. The van der Waals surface area contributed by atoms with E-state index >= 15 is 0 Å². The predicted octanol–water partition coefficient (Wildman–Crippen LogP) is 2.33. The normalized spacial score (nSPS) is 11.0. The molecule has 18 heavy (non-hydrogen) atoms. The van der Waals surface area contributed by atoms with Crippen molar-refractivity contribution < 1.29 is 8.78 Å². The van der Waals surface area contributed by atoms with Crippen molar-refractivity contribution in [1.82, 2.24) is 3.56 Å². The number of hydrogen-bond donors (Lipinski definition) is 0. The minimum atomic E-state index is -0.710. The van der Waals surface area contributed by atoms with E-state index < -0.39 is 26.4 Å². The Morgan fingerprint density at radius 1 is 0.944 bits per heavy atom. The number of benzene rings is 2. The van der Waals surface area contributed by atoms with E-state index in [1.807, 2.05) is 12.1 Å². The van der Waals surface area contributed by atoms with Gasteiger partial charge in [-0.2, -0.15) is 0 Å². The summed E-state index contributed by atoms with van der Waals surface area (Å²) in [4.78, 5) is 12.1. The van der Waals surface area contributed by atoms with Gasteiger partial charge in [-0.1, -0.05) is 0 Å². The average molecular weight is 310 g/mol. The second kappa shape index (κ2) is 4.19. The van der Waals surface area contributed by atoms with Crippen molar-refractivity contribution in [3.63, 3.8) is 0 Å². The minimum absolute atomic E-state index is 0.251. The van der Waals surface area contributed by atoms with Crippen LogP contribution < -0.4 is 5.56 Å². The molecule has 0 atom stereocenters. The standard InChI is InChI=1S/C13H7F2NOSe/c14-9-5-3-6-10(15)12(9)16-13(17)8-4-1-2-7-11(8)18-16/h1-7H. The van der Waals surface area contributed by atoms with Gasteiger partial charge in [0, 0.05) is 0 Å². The fourth-order valence-electron chi connectivity index (χ4n) is 1.80. The Bertz CT molecular complexity index is 771. The van der Waals surface area contributed by atoms with Crippen LogP contribution in [-0.4, -0.2) is 18.3 Å². The molecular formula is C13H7F2NOSe. The van der Waals surface area contributed by atoms with E-state index in [1.54, 1.807) is 12.1 Å². The number of halogens is 2. The molecule has 0 amide bonds. The molecule has 0 fully saturated rings. The van der Waals surface area contributed by atoms with Crippen LogP contribution in [0.25, 0.3) is 15.3 Å². The van der Waals surface area contributed by atoms with Gasteiger partial charge in [-0.05, 0) is 0 Å². The second-order valence-corrected chi connectivity index (χ2v) is 5.83. The molecule has 5 heteroatoms. The summed E-state index contributed by atoms with van der Waals surface area (Å²) in [5, 5.41) is 0.528. The summed E-state index contributed by atoms with van der Waals surface area (Å²) in [5.74, 6) is -1.42. The van der Waals surface area contributed by atoms with E-state index in [-0.39, 0.29) is 11.2 Å². The van der Waals surface area contributed by atoms with E-state index in [0.29, 0.717) is 5.39 Å². The molecular weight excluding hydrogens is 303 g/mol. The van der Waals surface area contributed by atoms with Crippen molar-refractivity contribution in [2.45, 2.75) is 0 Å². The van der Waals surface area contributed by atoms with Gasteiger partial charge in [-0.25, -0.2) is 0 Å². The monoisotopic (exact) mass is 311 g/mol. The fraction of sp³-hybridized carbons (Fsp3) is 0. The molecule has 3 rings (SSSR count). The Hall–Kier alpha value is -1.71. The Kier molecular flexibility index (Phi) is 2.65. The molecule has 3 aromatic rings. The Labute approximate surface area is 107 Å². The van der Waals surface area contributed by atoms with Crippen LogP contribution in [0.1, 0.15) is 0 Å². The van der Waals surface area contributed by atoms with Crippen LogP contribution in [0.2, 0.25) is 0 Å². The summed E-state index contributed by atoms with van der Waals surface area (Å²) in [6, 6.07) is 10.7. The summed E-state index contributed by atoms with van der Waals surface area (Å²) in [6.45, 7) is 0. The quantitative estimate of drug-likeness (QED) is 0.632. The van der Waals surface area contributed by atoms with Crippen LogP contribution in [0, 0.1) is 11.6 Å². The molecule has 2 nitrogen and oxygen atoms in total. The van der Waals surface area contributed by atoms with Gasteiger partial charge in [0.15, 0.2) is 0 Å². The van der Waals surface area contributed by atoms with Crippen molar-refractivity contribution in [2.75, 3.05) is 0 Å².